The number of ether oxygens (including phenoxy) is 2. The van der Waals surface area contributed by atoms with Crippen LogP contribution in [0.2, 0.25) is 0 Å². The van der Waals surface area contributed by atoms with Gasteiger partial charge < -0.3 is 19.4 Å². The third-order valence-corrected chi connectivity index (χ3v) is 7.49. The number of benzene rings is 2. The van der Waals surface area contributed by atoms with E-state index in [1.54, 1.807) is 30.0 Å². The van der Waals surface area contributed by atoms with Crippen LogP contribution in [0.25, 0.3) is 10.9 Å². The van der Waals surface area contributed by atoms with E-state index in [4.69, 9.17) is 9.47 Å². The van der Waals surface area contributed by atoms with Crippen LogP contribution in [0.4, 0.5) is 0 Å². The Balaban J connectivity index is 1.62. The van der Waals surface area contributed by atoms with Gasteiger partial charge in [-0.25, -0.2) is 17.9 Å². The summed E-state index contributed by atoms with van der Waals surface area (Å²) in [6.07, 6.45) is 0.624. The minimum absolute atomic E-state index is 0.0325. The summed E-state index contributed by atoms with van der Waals surface area (Å²) in [6.45, 7) is 3.01. The van der Waals surface area contributed by atoms with Gasteiger partial charge in [-0.1, -0.05) is 6.07 Å². The van der Waals surface area contributed by atoms with Gasteiger partial charge in [-0.15, -0.1) is 0 Å². The van der Waals surface area contributed by atoms with Crippen LogP contribution in [0.1, 0.15) is 37.5 Å². The molecule has 2 N–H and O–H groups in total. The van der Waals surface area contributed by atoms with Crippen molar-refractivity contribution in [3.63, 3.8) is 0 Å². The summed E-state index contributed by atoms with van der Waals surface area (Å²) in [4.78, 5) is 30.6. The third kappa shape index (κ3) is 4.56. The standard InChI is InChI=1S/C24H27N3O6S/c1-15-4-6-17(34(30,31)25-9-11-32-2)13-18(15)23(28)27-10-8-22-20(14-27)19-12-16(24(29)33-3)5-7-21(19)26-22/h4-7,12-13,25-26H,8-11,14H2,1-3H3. The number of sulfonamides is 1. The molecule has 0 saturated carbocycles. The van der Waals surface area contributed by atoms with Gasteiger partial charge in [0.2, 0.25) is 10.0 Å². The minimum atomic E-state index is -3.77. The number of methoxy groups -OCH3 is 2. The molecule has 0 spiro atoms. The van der Waals surface area contributed by atoms with Gasteiger partial charge in [-0.2, -0.15) is 0 Å². The van der Waals surface area contributed by atoms with E-state index in [1.165, 1.54) is 26.4 Å². The maximum atomic E-state index is 13.5. The molecular weight excluding hydrogens is 458 g/mol. The predicted molar refractivity (Wildman–Crippen MR) is 126 cm³/mol. The molecule has 0 saturated heterocycles. The van der Waals surface area contributed by atoms with Gasteiger partial charge in [0.05, 0.1) is 24.2 Å². The number of hydrogen-bond donors (Lipinski definition) is 2. The van der Waals surface area contributed by atoms with Gasteiger partial charge >= 0.3 is 5.97 Å². The van der Waals surface area contributed by atoms with E-state index in [1.807, 2.05) is 6.07 Å². The van der Waals surface area contributed by atoms with E-state index in [-0.39, 0.29) is 24.0 Å². The number of fused-ring (bicyclic) bond motifs is 3. The molecule has 0 bridgehead atoms. The first-order valence-corrected chi connectivity index (χ1v) is 12.3. The van der Waals surface area contributed by atoms with Crippen LogP contribution in [0.5, 0.6) is 0 Å². The quantitative estimate of drug-likeness (QED) is 0.392. The van der Waals surface area contributed by atoms with Gasteiger partial charge in [0, 0.05) is 60.9 Å². The first-order valence-electron chi connectivity index (χ1n) is 10.9. The summed E-state index contributed by atoms with van der Waals surface area (Å²) < 4.78 is 37.4. The molecule has 2 heterocycles. The summed E-state index contributed by atoms with van der Waals surface area (Å²) in [5, 5.41) is 0.866. The summed E-state index contributed by atoms with van der Waals surface area (Å²) in [7, 11) is -0.942. The number of aromatic nitrogens is 1. The highest BCUT2D eigenvalue weighted by molar-refractivity contribution is 7.89. The number of aromatic amines is 1. The van der Waals surface area contributed by atoms with Crippen LogP contribution in [-0.2, 0) is 32.5 Å². The van der Waals surface area contributed by atoms with Crippen LogP contribution < -0.4 is 4.72 Å². The van der Waals surface area contributed by atoms with Crippen molar-refractivity contribution in [3.05, 3.63) is 64.3 Å². The van der Waals surface area contributed by atoms with Gasteiger partial charge in [0.15, 0.2) is 0 Å². The fourth-order valence-electron chi connectivity index (χ4n) is 4.16. The summed E-state index contributed by atoms with van der Waals surface area (Å²) in [5.41, 5.74) is 4.33. The Morgan fingerprint density at radius 1 is 1.15 bits per heavy atom. The van der Waals surface area contributed by atoms with Crippen LogP contribution in [0.3, 0.4) is 0 Å². The van der Waals surface area contributed by atoms with E-state index >= 15 is 0 Å². The molecule has 1 aliphatic heterocycles. The highest BCUT2D eigenvalue weighted by atomic mass is 32.2. The highest BCUT2D eigenvalue weighted by Crippen LogP contribution is 2.30. The molecule has 0 atom stereocenters. The zero-order valence-electron chi connectivity index (χ0n) is 19.3. The molecule has 0 fully saturated rings. The molecule has 4 rings (SSSR count). The van der Waals surface area contributed by atoms with Crippen molar-refractivity contribution < 1.29 is 27.5 Å². The molecule has 1 amide bonds. The van der Waals surface area contributed by atoms with Crippen LogP contribution >= 0.6 is 0 Å². The van der Waals surface area contributed by atoms with Gasteiger partial charge in [0.1, 0.15) is 0 Å². The molecule has 1 aromatic heterocycles. The van der Waals surface area contributed by atoms with E-state index < -0.39 is 16.0 Å². The second-order valence-electron chi connectivity index (χ2n) is 8.18. The molecule has 0 radical (unpaired) electrons. The average molecular weight is 486 g/mol. The van der Waals surface area contributed by atoms with E-state index in [0.29, 0.717) is 36.2 Å². The van der Waals surface area contributed by atoms with Gasteiger partial charge in [-0.3, -0.25) is 4.79 Å². The second kappa shape index (κ2) is 9.57. The smallest absolute Gasteiger partial charge is 0.337 e. The van der Waals surface area contributed by atoms with Crippen molar-refractivity contribution >= 4 is 32.8 Å². The SMILES string of the molecule is COCCNS(=O)(=O)c1ccc(C)c(C(=O)N2CCc3[nH]c4ccc(C(=O)OC)cc4c3C2)c1. The van der Waals surface area contributed by atoms with Crippen molar-refractivity contribution in [1.29, 1.82) is 0 Å². The van der Waals surface area contributed by atoms with E-state index in [0.717, 1.165) is 22.2 Å². The molecule has 34 heavy (non-hydrogen) atoms. The average Bonchev–Trinajstić information content (AvgIpc) is 3.20. The highest BCUT2D eigenvalue weighted by Gasteiger charge is 2.27. The normalized spacial score (nSPS) is 13.7. The predicted octanol–water partition coefficient (Wildman–Crippen LogP) is 2.39. The number of aryl methyl sites for hydroxylation is 1. The zero-order chi connectivity index (χ0) is 24.5. The number of amides is 1. The Hall–Kier alpha value is -3.21. The summed E-state index contributed by atoms with van der Waals surface area (Å²) in [6, 6.07) is 9.86. The minimum Gasteiger partial charge on any atom is -0.465 e. The largest absolute Gasteiger partial charge is 0.465 e. The monoisotopic (exact) mass is 485 g/mol. The Morgan fingerprint density at radius 3 is 2.68 bits per heavy atom. The van der Waals surface area contributed by atoms with Crippen molar-refractivity contribution in [1.82, 2.24) is 14.6 Å². The number of esters is 1. The lowest BCUT2D eigenvalue weighted by Gasteiger charge is -2.28. The summed E-state index contributed by atoms with van der Waals surface area (Å²) >= 11 is 0. The molecule has 10 heteroatoms. The molecule has 2 aromatic carbocycles. The zero-order valence-corrected chi connectivity index (χ0v) is 20.1. The number of rotatable bonds is 7. The van der Waals surface area contributed by atoms with E-state index in [2.05, 4.69) is 9.71 Å². The maximum absolute atomic E-state index is 13.5. The number of nitrogens with one attached hydrogen (secondary N) is 2. The molecule has 180 valence electrons. The molecule has 3 aromatic rings. The Kier molecular flexibility index (Phi) is 6.74. The van der Waals surface area contributed by atoms with E-state index in [9.17, 15) is 18.0 Å². The number of nitrogens with zero attached hydrogens (tertiary/aromatic N) is 1. The number of H-pyrrole nitrogens is 1. The van der Waals surface area contributed by atoms with Crippen molar-refractivity contribution in [2.45, 2.75) is 24.8 Å². The van der Waals surface area contributed by atoms with Crippen LogP contribution in [-0.4, -0.2) is 64.1 Å². The topological polar surface area (TPSA) is 118 Å². The number of carbonyl (C=O) groups is 2. The first-order chi connectivity index (χ1) is 16.2. The fraction of sp³-hybridized carbons (Fsp3) is 0.333. The fourth-order valence-corrected chi connectivity index (χ4v) is 5.20. The van der Waals surface area contributed by atoms with Crippen LogP contribution in [0.15, 0.2) is 41.3 Å². The number of carbonyl (C=O) groups excluding carboxylic acids is 2. The lowest BCUT2D eigenvalue weighted by molar-refractivity contribution is 0.0600. The van der Waals surface area contributed by atoms with Crippen molar-refractivity contribution in [2.75, 3.05) is 33.9 Å². The third-order valence-electron chi connectivity index (χ3n) is 6.03. The Labute approximate surface area is 198 Å². The summed E-state index contributed by atoms with van der Waals surface area (Å²) in [5.74, 6) is -0.663. The molecule has 1 aliphatic rings. The molecule has 9 nitrogen and oxygen atoms in total. The van der Waals surface area contributed by atoms with Crippen molar-refractivity contribution in [2.24, 2.45) is 0 Å². The van der Waals surface area contributed by atoms with Crippen LogP contribution in [0, 0.1) is 6.92 Å². The Bertz CT molecular complexity index is 1360. The lowest BCUT2D eigenvalue weighted by Crippen LogP contribution is -2.36. The maximum Gasteiger partial charge on any atom is 0.337 e. The van der Waals surface area contributed by atoms with Gasteiger partial charge in [0.25, 0.3) is 5.91 Å². The van der Waals surface area contributed by atoms with Gasteiger partial charge in [-0.05, 0) is 42.8 Å². The van der Waals surface area contributed by atoms with Crippen molar-refractivity contribution in [3.8, 4) is 0 Å². The second-order valence-corrected chi connectivity index (χ2v) is 9.95. The molecule has 0 unspecified atom stereocenters. The molecule has 0 aliphatic carbocycles. The Morgan fingerprint density at radius 2 is 1.94 bits per heavy atom. The lowest BCUT2D eigenvalue weighted by atomic mass is 10.0. The first kappa shape index (κ1) is 23.9. The number of hydrogen-bond acceptors (Lipinski definition) is 6. The molecular formula is C24H27N3O6S.